The number of nitrogens with zero attached hydrogens (tertiary/aromatic N) is 2. The summed E-state index contributed by atoms with van der Waals surface area (Å²) in [6, 6.07) is 15.8. The van der Waals surface area contributed by atoms with Gasteiger partial charge in [0.25, 0.3) is 11.7 Å². The molecule has 0 aliphatic carbocycles. The van der Waals surface area contributed by atoms with E-state index in [1.807, 2.05) is 0 Å². The van der Waals surface area contributed by atoms with E-state index in [0.29, 0.717) is 28.3 Å². The highest BCUT2D eigenvalue weighted by Crippen LogP contribution is 2.43. The Kier molecular flexibility index (Phi) is 5.91. The van der Waals surface area contributed by atoms with Crippen LogP contribution in [0.5, 0.6) is 5.75 Å². The molecule has 1 unspecified atom stereocenters. The number of aliphatic hydroxyl groups excluding tert-OH is 1. The van der Waals surface area contributed by atoms with Crippen LogP contribution in [-0.2, 0) is 14.4 Å². The topological polar surface area (TPSA) is 109 Å². The first-order valence-corrected chi connectivity index (χ1v) is 10.1. The summed E-state index contributed by atoms with van der Waals surface area (Å²) in [7, 11) is 1.46. The number of carbonyl (C=O) groups excluding carboxylic acids is 3. The Morgan fingerprint density at radius 1 is 1.03 bits per heavy atom. The number of para-hydroxylation sites is 1. The second-order valence-electron chi connectivity index (χ2n) is 7.38. The Balaban J connectivity index is 1.89. The van der Waals surface area contributed by atoms with Gasteiger partial charge in [0.05, 0.1) is 24.3 Å². The van der Waals surface area contributed by atoms with Crippen molar-refractivity contribution in [1.29, 1.82) is 0 Å². The van der Waals surface area contributed by atoms with E-state index in [1.54, 1.807) is 73.1 Å². The molecule has 8 heteroatoms. The molecule has 1 atom stereocenters. The molecule has 0 radical (unpaired) electrons. The van der Waals surface area contributed by atoms with Crippen LogP contribution in [0.2, 0.25) is 0 Å². The van der Waals surface area contributed by atoms with Crippen LogP contribution in [0.3, 0.4) is 0 Å². The average Bonchev–Trinajstić information content (AvgIpc) is 3.10. The van der Waals surface area contributed by atoms with Gasteiger partial charge in [0.1, 0.15) is 11.5 Å². The number of aliphatic hydroxyl groups is 1. The second-order valence-corrected chi connectivity index (χ2v) is 7.38. The Bertz CT molecular complexity index is 1250. The normalized spacial score (nSPS) is 17.2. The number of methoxy groups -OCH3 is 1. The zero-order valence-electron chi connectivity index (χ0n) is 18.0. The Morgan fingerprint density at radius 2 is 1.70 bits per heavy atom. The van der Waals surface area contributed by atoms with Crippen molar-refractivity contribution in [1.82, 2.24) is 4.98 Å². The predicted molar refractivity (Wildman–Crippen MR) is 123 cm³/mol. The Hall–Kier alpha value is -4.46. The van der Waals surface area contributed by atoms with Gasteiger partial charge in [-0.1, -0.05) is 12.1 Å². The number of ether oxygens (including phenoxy) is 1. The quantitative estimate of drug-likeness (QED) is 0.354. The Labute approximate surface area is 190 Å². The lowest BCUT2D eigenvalue weighted by molar-refractivity contribution is -0.132. The number of Topliss-reactive ketones (excluding diaryl/α,β-unsaturated/α-hetero) is 1. The standard InChI is InChI=1S/C25H21N3O5/c1-15(29)27-17-7-9-18(10-8-17)28-22(16-11-13-26-14-12-16)21(24(31)25(28)32)23(30)19-5-3-4-6-20(19)33-2/h3-14,22,30H,1-2H3,(H,27,29)/b23-21-. The van der Waals surface area contributed by atoms with Crippen LogP contribution in [0.25, 0.3) is 5.76 Å². The number of carbonyl (C=O) groups is 3. The van der Waals surface area contributed by atoms with Gasteiger partial charge in [-0.3, -0.25) is 24.3 Å². The maximum Gasteiger partial charge on any atom is 0.300 e. The van der Waals surface area contributed by atoms with Gasteiger partial charge in [0.15, 0.2) is 0 Å². The number of hydrogen-bond acceptors (Lipinski definition) is 6. The first kappa shape index (κ1) is 21.8. The molecule has 33 heavy (non-hydrogen) atoms. The van der Waals surface area contributed by atoms with Crippen molar-refractivity contribution < 1.29 is 24.2 Å². The molecule has 1 aliphatic heterocycles. The maximum atomic E-state index is 13.2. The van der Waals surface area contributed by atoms with Gasteiger partial charge >= 0.3 is 0 Å². The fourth-order valence-electron chi connectivity index (χ4n) is 3.85. The molecular formula is C25H21N3O5. The molecule has 0 spiro atoms. The second kappa shape index (κ2) is 8.96. The number of nitrogens with one attached hydrogen (secondary N) is 1. The highest BCUT2D eigenvalue weighted by molar-refractivity contribution is 6.51. The lowest BCUT2D eigenvalue weighted by atomic mass is 9.95. The number of amides is 2. The number of ketones is 1. The van der Waals surface area contributed by atoms with Crippen LogP contribution in [0, 0.1) is 0 Å². The summed E-state index contributed by atoms with van der Waals surface area (Å²) in [5, 5.41) is 13.9. The number of hydrogen-bond donors (Lipinski definition) is 2. The van der Waals surface area contributed by atoms with Gasteiger partial charge in [0.2, 0.25) is 5.91 Å². The molecular weight excluding hydrogens is 422 g/mol. The summed E-state index contributed by atoms with van der Waals surface area (Å²) >= 11 is 0. The summed E-state index contributed by atoms with van der Waals surface area (Å²) in [5.74, 6) is -1.78. The van der Waals surface area contributed by atoms with Gasteiger partial charge in [-0.25, -0.2) is 0 Å². The number of benzene rings is 2. The van der Waals surface area contributed by atoms with E-state index in [9.17, 15) is 19.5 Å². The number of aromatic nitrogens is 1. The van der Waals surface area contributed by atoms with Gasteiger partial charge in [0, 0.05) is 30.7 Å². The lowest BCUT2D eigenvalue weighted by Gasteiger charge is -2.25. The molecule has 166 valence electrons. The van der Waals surface area contributed by atoms with Crippen LogP contribution in [0.1, 0.15) is 24.1 Å². The Morgan fingerprint density at radius 3 is 2.33 bits per heavy atom. The van der Waals surface area contributed by atoms with E-state index in [0.717, 1.165) is 0 Å². The van der Waals surface area contributed by atoms with Gasteiger partial charge in [-0.15, -0.1) is 0 Å². The van der Waals surface area contributed by atoms with E-state index >= 15 is 0 Å². The SMILES string of the molecule is COc1ccccc1/C(O)=C1/C(=O)C(=O)N(c2ccc(NC(C)=O)cc2)C1c1ccncc1. The summed E-state index contributed by atoms with van der Waals surface area (Å²) in [5.41, 5.74) is 1.84. The molecule has 2 heterocycles. The smallest absolute Gasteiger partial charge is 0.300 e. The molecule has 0 bridgehead atoms. The lowest BCUT2D eigenvalue weighted by Crippen LogP contribution is -2.29. The van der Waals surface area contributed by atoms with Crippen molar-refractivity contribution in [2.75, 3.05) is 17.3 Å². The predicted octanol–water partition coefficient (Wildman–Crippen LogP) is 3.67. The number of pyridine rings is 1. The number of anilines is 2. The molecule has 2 N–H and O–H groups in total. The van der Waals surface area contributed by atoms with Crippen molar-refractivity contribution in [2.24, 2.45) is 0 Å². The minimum absolute atomic E-state index is 0.0540. The van der Waals surface area contributed by atoms with Crippen molar-refractivity contribution in [3.05, 3.63) is 89.8 Å². The van der Waals surface area contributed by atoms with E-state index in [1.165, 1.54) is 18.9 Å². The third-order valence-electron chi connectivity index (χ3n) is 5.29. The van der Waals surface area contributed by atoms with E-state index in [-0.39, 0.29) is 17.2 Å². The third-order valence-corrected chi connectivity index (χ3v) is 5.29. The highest BCUT2D eigenvalue weighted by atomic mass is 16.5. The van der Waals surface area contributed by atoms with Gasteiger partial charge in [-0.2, -0.15) is 0 Å². The van der Waals surface area contributed by atoms with Crippen LogP contribution in [-0.4, -0.2) is 34.8 Å². The zero-order valence-corrected chi connectivity index (χ0v) is 18.0. The van der Waals surface area contributed by atoms with E-state index < -0.39 is 17.7 Å². The molecule has 1 fully saturated rings. The van der Waals surface area contributed by atoms with Crippen molar-refractivity contribution in [3.8, 4) is 5.75 Å². The van der Waals surface area contributed by atoms with Crippen LogP contribution in [0.15, 0.2) is 78.6 Å². The average molecular weight is 443 g/mol. The van der Waals surface area contributed by atoms with Crippen molar-refractivity contribution in [2.45, 2.75) is 13.0 Å². The molecule has 1 aromatic heterocycles. The largest absolute Gasteiger partial charge is 0.507 e. The summed E-state index contributed by atoms with van der Waals surface area (Å²) < 4.78 is 5.34. The monoisotopic (exact) mass is 443 g/mol. The van der Waals surface area contributed by atoms with Gasteiger partial charge in [-0.05, 0) is 54.1 Å². The summed E-state index contributed by atoms with van der Waals surface area (Å²) in [6.07, 6.45) is 3.11. The van der Waals surface area contributed by atoms with Crippen LogP contribution < -0.4 is 15.0 Å². The molecule has 0 saturated carbocycles. The fraction of sp³-hybridized carbons (Fsp3) is 0.120. The summed E-state index contributed by atoms with van der Waals surface area (Å²) in [4.78, 5) is 43.0. The summed E-state index contributed by atoms with van der Waals surface area (Å²) in [6.45, 7) is 1.40. The fourth-order valence-corrected chi connectivity index (χ4v) is 3.85. The van der Waals surface area contributed by atoms with E-state index in [4.69, 9.17) is 4.74 Å². The van der Waals surface area contributed by atoms with Crippen LogP contribution in [0.4, 0.5) is 11.4 Å². The molecule has 4 rings (SSSR count). The number of rotatable bonds is 5. The molecule has 1 saturated heterocycles. The molecule has 8 nitrogen and oxygen atoms in total. The van der Waals surface area contributed by atoms with Gasteiger partial charge < -0.3 is 15.2 Å². The first-order valence-electron chi connectivity index (χ1n) is 10.1. The molecule has 1 aliphatic rings. The highest BCUT2D eigenvalue weighted by Gasteiger charge is 2.47. The molecule has 2 amide bonds. The minimum atomic E-state index is -0.885. The zero-order chi connectivity index (χ0) is 23.5. The minimum Gasteiger partial charge on any atom is -0.507 e. The van der Waals surface area contributed by atoms with Crippen LogP contribution >= 0.6 is 0 Å². The van der Waals surface area contributed by atoms with E-state index in [2.05, 4.69) is 10.3 Å². The third kappa shape index (κ3) is 4.06. The van der Waals surface area contributed by atoms with Crippen molar-refractivity contribution in [3.63, 3.8) is 0 Å². The maximum absolute atomic E-state index is 13.2. The molecule has 3 aromatic rings. The molecule has 2 aromatic carbocycles. The van der Waals surface area contributed by atoms with Crippen molar-refractivity contribution >= 4 is 34.7 Å². The first-order chi connectivity index (χ1) is 15.9.